The first-order valence-electron chi connectivity index (χ1n) is 7.20. The predicted molar refractivity (Wildman–Crippen MR) is 77.9 cm³/mol. The van der Waals surface area contributed by atoms with Crippen LogP contribution in [0, 0.1) is 5.92 Å². The Hall–Kier alpha value is -1.55. The third kappa shape index (κ3) is 3.73. The molecule has 1 amide bonds. The fourth-order valence-electron chi connectivity index (χ4n) is 2.53. The highest BCUT2D eigenvalue weighted by Gasteiger charge is 2.32. The van der Waals surface area contributed by atoms with Crippen molar-refractivity contribution in [3.63, 3.8) is 0 Å². The molecule has 0 aromatic heterocycles. The number of carbonyl (C=O) groups excluding carboxylic acids is 1. The zero-order valence-corrected chi connectivity index (χ0v) is 12.2. The molecule has 0 aliphatic heterocycles. The van der Waals surface area contributed by atoms with E-state index in [0.717, 1.165) is 25.7 Å². The lowest BCUT2D eigenvalue weighted by molar-refractivity contribution is -0.0424. The lowest BCUT2D eigenvalue weighted by Crippen LogP contribution is -2.39. The molecule has 1 aromatic rings. The quantitative estimate of drug-likeness (QED) is 0.888. The van der Waals surface area contributed by atoms with E-state index in [4.69, 9.17) is 4.74 Å². The van der Waals surface area contributed by atoms with Gasteiger partial charge in [-0.3, -0.25) is 4.79 Å². The molecule has 4 heteroatoms. The molecule has 0 unspecified atom stereocenters. The van der Waals surface area contributed by atoms with E-state index >= 15 is 0 Å². The number of aliphatic hydroxyl groups is 1. The molecule has 2 N–H and O–H groups in total. The van der Waals surface area contributed by atoms with Crippen molar-refractivity contribution in [2.45, 2.75) is 38.2 Å². The van der Waals surface area contributed by atoms with Gasteiger partial charge in [-0.05, 0) is 49.8 Å². The largest absolute Gasteiger partial charge is 0.491 e. The van der Waals surface area contributed by atoms with Gasteiger partial charge in [-0.1, -0.05) is 13.0 Å². The summed E-state index contributed by atoms with van der Waals surface area (Å²) in [5.74, 6) is 1.17. The Morgan fingerprint density at radius 1 is 1.45 bits per heavy atom. The first-order valence-corrected chi connectivity index (χ1v) is 7.20. The number of carbonyl (C=O) groups is 1. The van der Waals surface area contributed by atoms with E-state index in [9.17, 15) is 9.90 Å². The van der Waals surface area contributed by atoms with Gasteiger partial charge in [0, 0.05) is 12.6 Å². The van der Waals surface area contributed by atoms with Crippen LogP contribution >= 0.6 is 0 Å². The summed E-state index contributed by atoms with van der Waals surface area (Å²) < 4.78 is 5.69. The number of amides is 1. The predicted octanol–water partition coefficient (Wildman–Crippen LogP) is 2.37. The van der Waals surface area contributed by atoms with E-state index in [1.165, 1.54) is 0 Å². The molecule has 1 fully saturated rings. The van der Waals surface area contributed by atoms with E-state index in [1.807, 2.05) is 0 Å². The third-order valence-electron chi connectivity index (χ3n) is 4.04. The summed E-state index contributed by atoms with van der Waals surface area (Å²) in [5.41, 5.74) is -0.163. The van der Waals surface area contributed by atoms with Crippen LogP contribution in [0.4, 0.5) is 0 Å². The number of ether oxygens (including phenoxy) is 1. The van der Waals surface area contributed by atoms with Gasteiger partial charge in [0.05, 0.1) is 5.60 Å². The molecule has 1 aliphatic carbocycles. The van der Waals surface area contributed by atoms with Crippen molar-refractivity contribution in [1.29, 1.82) is 0 Å². The summed E-state index contributed by atoms with van der Waals surface area (Å²) in [7, 11) is 1.60. The molecule has 20 heavy (non-hydrogen) atoms. The fraction of sp³-hybridized carbons (Fsp3) is 0.562. The number of benzene rings is 1. The second kappa shape index (κ2) is 6.27. The SMILES string of the molecule is CNC(=O)c1cccc(OCC2(O)CCC(C)CC2)c1. The van der Waals surface area contributed by atoms with E-state index in [1.54, 1.807) is 31.3 Å². The van der Waals surface area contributed by atoms with Gasteiger partial charge >= 0.3 is 0 Å². The van der Waals surface area contributed by atoms with Crippen molar-refractivity contribution in [2.24, 2.45) is 5.92 Å². The average molecular weight is 277 g/mol. The highest BCUT2D eigenvalue weighted by molar-refractivity contribution is 5.94. The monoisotopic (exact) mass is 277 g/mol. The zero-order valence-electron chi connectivity index (χ0n) is 12.2. The molecule has 0 atom stereocenters. The van der Waals surface area contributed by atoms with Crippen LogP contribution < -0.4 is 10.1 Å². The van der Waals surface area contributed by atoms with Crippen molar-refractivity contribution in [2.75, 3.05) is 13.7 Å². The summed E-state index contributed by atoms with van der Waals surface area (Å²) >= 11 is 0. The van der Waals surface area contributed by atoms with Crippen LogP contribution in [0.5, 0.6) is 5.75 Å². The lowest BCUT2D eigenvalue weighted by Gasteiger charge is -2.34. The highest BCUT2D eigenvalue weighted by atomic mass is 16.5. The Balaban J connectivity index is 1.95. The Morgan fingerprint density at radius 2 is 2.15 bits per heavy atom. The maximum absolute atomic E-state index is 11.6. The molecule has 1 aromatic carbocycles. The molecule has 0 heterocycles. The minimum absolute atomic E-state index is 0.138. The van der Waals surface area contributed by atoms with Gasteiger partial charge in [-0.15, -0.1) is 0 Å². The molecule has 2 rings (SSSR count). The molecule has 1 saturated carbocycles. The van der Waals surface area contributed by atoms with Crippen LogP contribution in [0.2, 0.25) is 0 Å². The minimum Gasteiger partial charge on any atom is -0.491 e. The Bertz CT molecular complexity index is 465. The topological polar surface area (TPSA) is 58.6 Å². The smallest absolute Gasteiger partial charge is 0.251 e. The number of rotatable bonds is 4. The van der Waals surface area contributed by atoms with Crippen molar-refractivity contribution < 1.29 is 14.6 Å². The van der Waals surface area contributed by atoms with Crippen molar-refractivity contribution >= 4 is 5.91 Å². The standard InChI is InChI=1S/C16H23NO3/c1-12-6-8-16(19,9-7-12)11-20-14-5-3-4-13(10-14)15(18)17-2/h3-5,10,12,19H,6-9,11H2,1-2H3,(H,17,18). The van der Waals surface area contributed by atoms with Crippen molar-refractivity contribution in [3.8, 4) is 5.75 Å². The summed E-state index contributed by atoms with van der Waals surface area (Å²) in [6.45, 7) is 2.50. The van der Waals surface area contributed by atoms with Gasteiger partial charge in [0.25, 0.3) is 5.91 Å². The van der Waals surface area contributed by atoms with Crippen LogP contribution in [0.25, 0.3) is 0 Å². The maximum atomic E-state index is 11.6. The van der Waals surface area contributed by atoms with Gasteiger partial charge < -0.3 is 15.2 Å². The van der Waals surface area contributed by atoms with Crippen molar-refractivity contribution in [3.05, 3.63) is 29.8 Å². The van der Waals surface area contributed by atoms with E-state index in [-0.39, 0.29) is 12.5 Å². The average Bonchev–Trinajstić information content (AvgIpc) is 2.48. The van der Waals surface area contributed by atoms with Crippen LogP contribution in [0.15, 0.2) is 24.3 Å². The van der Waals surface area contributed by atoms with Gasteiger partial charge in [-0.25, -0.2) is 0 Å². The Morgan fingerprint density at radius 3 is 2.80 bits per heavy atom. The molecule has 0 radical (unpaired) electrons. The van der Waals surface area contributed by atoms with Gasteiger partial charge in [0.2, 0.25) is 0 Å². The van der Waals surface area contributed by atoms with E-state index in [2.05, 4.69) is 12.2 Å². The van der Waals surface area contributed by atoms with Gasteiger partial charge in [-0.2, -0.15) is 0 Å². The van der Waals surface area contributed by atoms with Crippen LogP contribution in [0.1, 0.15) is 43.0 Å². The van der Waals surface area contributed by atoms with Crippen LogP contribution in [-0.2, 0) is 0 Å². The van der Waals surface area contributed by atoms with Crippen molar-refractivity contribution in [1.82, 2.24) is 5.32 Å². The summed E-state index contributed by atoms with van der Waals surface area (Å²) in [4.78, 5) is 11.6. The highest BCUT2D eigenvalue weighted by Crippen LogP contribution is 2.32. The first kappa shape index (κ1) is 14.9. The first-order chi connectivity index (χ1) is 9.52. The molecular weight excluding hydrogens is 254 g/mol. The molecule has 0 spiro atoms. The van der Waals surface area contributed by atoms with E-state index in [0.29, 0.717) is 17.2 Å². The molecule has 4 nitrogen and oxygen atoms in total. The van der Waals surface area contributed by atoms with Gasteiger partial charge in [0.15, 0.2) is 0 Å². The second-order valence-electron chi connectivity index (χ2n) is 5.80. The summed E-state index contributed by atoms with van der Waals surface area (Å²) in [5, 5.41) is 13.1. The molecule has 0 saturated heterocycles. The normalized spacial score (nSPS) is 26.1. The maximum Gasteiger partial charge on any atom is 0.251 e. The second-order valence-corrected chi connectivity index (χ2v) is 5.80. The van der Waals surface area contributed by atoms with Gasteiger partial charge in [0.1, 0.15) is 12.4 Å². The molecule has 110 valence electrons. The third-order valence-corrected chi connectivity index (χ3v) is 4.04. The molecule has 0 bridgehead atoms. The van der Waals surface area contributed by atoms with Crippen LogP contribution in [0.3, 0.4) is 0 Å². The Kier molecular flexibility index (Phi) is 4.65. The van der Waals surface area contributed by atoms with Crippen LogP contribution in [-0.4, -0.2) is 30.3 Å². The number of hydrogen-bond donors (Lipinski definition) is 2. The minimum atomic E-state index is -0.727. The zero-order chi connectivity index (χ0) is 14.6. The summed E-state index contributed by atoms with van der Waals surface area (Å²) in [6, 6.07) is 7.03. The lowest BCUT2D eigenvalue weighted by atomic mass is 9.80. The molecule has 1 aliphatic rings. The summed E-state index contributed by atoms with van der Waals surface area (Å²) in [6.07, 6.45) is 3.64. The molecular formula is C16H23NO3. The van der Waals surface area contributed by atoms with E-state index < -0.39 is 5.60 Å². The number of hydrogen-bond acceptors (Lipinski definition) is 3. The fourth-order valence-corrected chi connectivity index (χ4v) is 2.53. The Labute approximate surface area is 120 Å². The number of nitrogens with one attached hydrogen (secondary N) is 1.